The average Bonchev–Trinajstić information content (AvgIpc) is 2.90. The van der Waals surface area contributed by atoms with Crippen molar-refractivity contribution in [2.24, 2.45) is 0 Å². The highest BCUT2D eigenvalue weighted by Crippen LogP contribution is 2.37. The number of aromatic hydroxyl groups is 1. The number of fused-ring (bicyclic) bond motifs is 1. The molecular formula is C16H16FNO3. The molecule has 1 aliphatic heterocycles. The van der Waals surface area contributed by atoms with Gasteiger partial charge < -0.3 is 19.9 Å². The normalized spacial score (nSPS) is 12.6. The van der Waals surface area contributed by atoms with Crippen LogP contribution < -0.4 is 14.8 Å². The number of phenolic OH excluding ortho intramolecular Hbond substituents is 1. The van der Waals surface area contributed by atoms with Crippen molar-refractivity contribution in [1.82, 2.24) is 5.32 Å². The molecule has 21 heavy (non-hydrogen) atoms. The van der Waals surface area contributed by atoms with Crippen molar-refractivity contribution >= 4 is 0 Å². The molecule has 3 rings (SSSR count). The Hall–Kier alpha value is -2.27. The Morgan fingerprint density at radius 1 is 1.14 bits per heavy atom. The largest absolute Gasteiger partial charge is 0.507 e. The summed E-state index contributed by atoms with van der Waals surface area (Å²) in [5.41, 5.74) is 1.69. The predicted molar refractivity (Wildman–Crippen MR) is 76.0 cm³/mol. The smallest absolute Gasteiger partial charge is 0.231 e. The minimum Gasteiger partial charge on any atom is -0.507 e. The van der Waals surface area contributed by atoms with Crippen LogP contribution in [-0.4, -0.2) is 18.4 Å². The fraction of sp³-hybridized carbons (Fsp3) is 0.250. The lowest BCUT2D eigenvalue weighted by molar-refractivity contribution is 0.174. The molecule has 0 saturated carbocycles. The third-order valence-electron chi connectivity index (χ3n) is 3.37. The summed E-state index contributed by atoms with van der Waals surface area (Å²) in [5, 5.41) is 13.1. The van der Waals surface area contributed by atoms with Crippen LogP contribution >= 0.6 is 0 Å². The number of hydrogen-bond acceptors (Lipinski definition) is 4. The Labute approximate surface area is 122 Å². The topological polar surface area (TPSA) is 50.7 Å². The molecule has 1 heterocycles. The Bertz CT molecular complexity index is 645. The minimum absolute atomic E-state index is 0.178. The monoisotopic (exact) mass is 289 g/mol. The highest BCUT2D eigenvalue weighted by Gasteiger charge is 2.16. The van der Waals surface area contributed by atoms with Crippen molar-refractivity contribution in [3.05, 3.63) is 53.3 Å². The van der Waals surface area contributed by atoms with Gasteiger partial charge in [0.1, 0.15) is 11.6 Å². The predicted octanol–water partition coefficient (Wildman–Crippen LogP) is 2.59. The lowest BCUT2D eigenvalue weighted by Crippen LogP contribution is -2.16. The second kappa shape index (κ2) is 6.01. The first-order valence-corrected chi connectivity index (χ1v) is 6.79. The molecule has 5 heteroatoms. The molecule has 4 nitrogen and oxygen atoms in total. The fourth-order valence-corrected chi connectivity index (χ4v) is 2.26. The number of hydrogen-bond donors (Lipinski definition) is 2. The van der Waals surface area contributed by atoms with Crippen LogP contribution in [0, 0.1) is 5.82 Å². The summed E-state index contributed by atoms with van der Waals surface area (Å²) >= 11 is 0. The molecule has 1 aliphatic rings. The van der Waals surface area contributed by atoms with Gasteiger partial charge >= 0.3 is 0 Å². The molecule has 0 radical (unpaired) electrons. The van der Waals surface area contributed by atoms with Crippen molar-refractivity contribution in [3.63, 3.8) is 0 Å². The van der Waals surface area contributed by atoms with Gasteiger partial charge in [-0.25, -0.2) is 4.39 Å². The number of ether oxygens (including phenoxy) is 2. The van der Waals surface area contributed by atoms with E-state index in [1.54, 1.807) is 18.2 Å². The summed E-state index contributed by atoms with van der Waals surface area (Å²) < 4.78 is 23.5. The van der Waals surface area contributed by atoms with Crippen molar-refractivity contribution in [2.45, 2.75) is 13.0 Å². The third-order valence-corrected chi connectivity index (χ3v) is 3.37. The highest BCUT2D eigenvalue weighted by molar-refractivity contribution is 5.51. The van der Waals surface area contributed by atoms with E-state index in [-0.39, 0.29) is 18.4 Å². The zero-order valence-electron chi connectivity index (χ0n) is 11.4. The molecule has 2 aromatic rings. The molecule has 110 valence electrons. The number of rotatable bonds is 5. The van der Waals surface area contributed by atoms with Crippen LogP contribution in [0.15, 0.2) is 36.4 Å². The maximum Gasteiger partial charge on any atom is 0.231 e. The van der Waals surface area contributed by atoms with Crippen LogP contribution in [0.1, 0.15) is 11.1 Å². The van der Waals surface area contributed by atoms with Gasteiger partial charge in [-0.1, -0.05) is 12.1 Å². The van der Waals surface area contributed by atoms with Gasteiger partial charge in [0.25, 0.3) is 0 Å². The van der Waals surface area contributed by atoms with Gasteiger partial charge in [-0.2, -0.15) is 0 Å². The summed E-state index contributed by atoms with van der Waals surface area (Å²) in [4.78, 5) is 0. The lowest BCUT2D eigenvalue weighted by atomic mass is 10.1. The molecule has 0 unspecified atom stereocenters. The first-order valence-electron chi connectivity index (χ1n) is 6.79. The summed E-state index contributed by atoms with van der Waals surface area (Å²) in [7, 11) is 0. The highest BCUT2D eigenvalue weighted by atomic mass is 19.1. The van der Waals surface area contributed by atoms with Gasteiger partial charge in [0.05, 0.1) is 0 Å². The zero-order valence-corrected chi connectivity index (χ0v) is 11.4. The van der Waals surface area contributed by atoms with Gasteiger partial charge in [0, 0.05) is 18.2 Å². The second-order valence-corrected chi connectivity index (χ2v) is 4.89. The van der Waals surface area contributed by atoms with Crippen molar-refractivity contribution in [3.8, 4) is 17.2 Å². The van der Waals surface area contributed by atoms with E-state index in [4.69, 9.17) is 9.47 Å². The van der Waals surface area contributed by atoms with Crippen molar-refractivity contribution in [1.29, 1.82) is 0 Å². The first kappa shape index (κ1) is 13.7. The Kier molecular flexibility index (Phi) is 3.92. The van der Waals surface area contributed by atoms with Crippen molar-refractivity contribution in [2.75, 3.05) is 13.3 Å². The van der Waals surface area contributed by atoms with Gasteiger partial charge in [-0.05, 0) is 36.7 Å². The lowest BCUT2D eigenvalue weighted by Gasteiger charge is -2.08. The summed E-state index contributed by atoms with van der Waals surface area (Å²) in [6, 6.07) is 9.89. The number of halogens is 1. The molecule has 0 spiro atoms. The second-order valence-electron chi connectivity index (χ2n) is 4.89. The van der Waals surface area contributed by atoms with Crippen LogP contribution in [0.25, 0.3) is 0 Å². The summed E-state index contributed by atoms with van der Waals surface area (Å²) in [5.74, 6) is 1.17. The molecule has 0 bridgehead atoms. The SMILES string of the molecule is Oc1cc2c(cc1CNCCc1cccc(F)c1)OCO2. The number of phenols is 1. The summed E-state index contributed by atoms with van der Waals surface area (Å²) in [6.45, 7) is 1.39. The Balaban J connectivity index is 1.54. The van der Waals surface area contributed by atoms with Crippen molar-refractivity contribution < 1.29 is 19.0 Å². The van der Waals surface area contributed by atoms with E-state index in [2.05, 4.69) is 5.32 Å². The van der Waals surface area contributed by atoms with E-state index in [1.807, 2.05) is 6.07 Å². The van der Waals surface area contributed by atoms with Gasteiger partial charge in [0.15, 0.2) is 11.5 Å². The maximum atomic E-state index is 13.0. The Morgan fingerprint density at radius 2 is 1.95 bits per heavy atom. The van der Waals surface area contributed by atoms with E-state index in [1.165, 1.54) is 12.1 Å². The molecule has 0 atom stereocenters. The summed E-state index contributed by atoms with van der Waals surface area (Å²) in [6.07, 6.45) is 0.725. The maximum absolute atomic E-state index is 13.0. The number of nitrogens with one attached hydrogen (secondary N) is 1. The fourth-order valence-electron chi connectivity index (χ4n) is 2.26. The van der Waals surface area contributed by atoms with Crippen LogP contribution in [0.3, 0.4) is 0 Å². The van der Waals surface area contributed by atoms with Crippen LogP contribution in [0.4, 0.5) is 4.39 Å². The average molecular weight is 289 g/mol. The van der Waals surface area contributed by atoms with Crippen LogP contribution in [-0.2, 0) is 13.0 Å². The Morgan fingerprint density at radius 3 is 2.76 bits per heavy atom. The van der Waals surface area contributed by atoms with E-state index in [0.717, 1.165) is 17.5 Å². The zero-order chi connectivity index (χ0) is 14.7. The van der Waals surface area contributed by atoms with E-state index in [0.29, 0.717) is 24.6 Å². The third kappa shape index (κ3) is 3.25. The molecule has 0 amide bonds. The van der Waals surface area contributed by atoms with E-state index in [9.17, 15) is 9.50 Å². The molecule has 2 aromatic carbocycles. The van der Waals surface area contributed by atoms with E-state index < -0.39 is 0 Å². The molecule has 2 N–H and O–H groups in total. The van der Waals surface area contributed by atoms with E-state index >= 15 is 0 Å². The van der Waals surface area contributed by atoms with Gasteiger partial charge in [-0.3, -0.25) is 0 Å². The van der Waals surface area contributed by atoms with Crippen LogP contribution in [0.5, 0.6) is 17.2 Å². The number of benzene rings is 2. The standard InChI is InChI=1S/C16H16FNO3/c17-13-3-1-2-11(6-13)4-5-18-9-12-7-15-16(8-14(12)19)21-10-20-15/h1-3,6-8,18-19H,4-5,9-10H2. The van der Waals surface area contributed by atoms with Gasteiger partial charge in [-0.15, -0.1) is 0 Å². The minimum atomic E-state index is -0.221. The quantitative estimate of drug-likeness (QED) is 0.831. The van der Waals surface area contributed by atoms with Gasteiger partial charge in [0.2, 0.25) is 6.79 Å². The molecule has 0 saturated heterocycles. The van der Waals surface area contributed by atoms with Crippen LogP contribution in [0.2, 0.25) is 0 Å². The first-order chi connectivity index (χ1) is 10.2. The molecule has 0 fully saturated rings. The molecule has 0 aliphatic carbocycles. The molecular weight excluding hydrogens is 273 g/mol. The molecule has 0 aromatic heterocycles.